The van der Waals surface area contributed by atoms with Gasteiger partial charge in [0.05, 0.1) is 6.61 Å². The van der Waals surface area contributed by atoms with Gasteiger partial charge in [0.2, 0.25) is 0 Å². The van der Waals surface area contributed by atoms with E-state index in [-0.39, 0.29) is 6.61 Å². The molecule has 0 heterocycles. The van der Waals surface area contributed by atoms with Crippen LogP contribution in [0.1, 0.15) is 31.9 Å². The Kier molecular flexibility index (Phi) is 4.36. The Labute approximate surface area is 98.9 Å². The summed E-state index contributed by atoms with van der Waals surface area (Å²) < 4.78 is 0. The third-order valence-corrected chi connectivity index (χ3v) is 3.36. The second-order valence-corrected chi connectivity index (χ2v) is 4.89. The fraction of sp³-hybridized carbons (Fsp3) is 0.571. The Bertz CT molecular complexity index is 347. The molecule has 1 aromatic rings. The van der Waals surface area contributed by atoms with Gasteiger partial charge >= 0.3 is 0 Å². The average Bonchev–Trinajstić information content (AvgIpc) is 2.26. The normalized spacial score (nSPS) is 12.9. The summed E-state index contributed by atoms with van der Waals surface area (Å²) in [5.41, 5.74) is 3.34. The van der Waals surface area contributed by atoms with Gasteiger partial charge in [0.25, 0.3) is 0 Å². The van der Waals surface area contributed by atoms with Crippen LogP contribution in [0.2, 0.25) is 0 Å². The van der Waals surface area contributed by atoms with Crippen molar-refractivity contribution in [2.24, 2.45) is 5.92 Å². The van der Waals surface area contributed by atoms with Crippen LogP contribution in [0.5, 0.6) is 0 Å². The second kappa shape index (κ2) is 5.35. The molecule has 2 heteroatoms. The number of aryl methyl sites for hydroxylation is 1. The van der Waals surface area contributed by atoms with Crippen molar-refractivity contribution in [1.82, 2.24) is 0 Å². The number of nitrogens with zero attached hydrogens (tertiary/aromatic N) is 1. The molecule has 0 aromatic heterocycles. The molecular weight excluding hydrogens is 198 g/mol. The third-order valence-electron chi connectivity index (χ3n) is 3.36. The molecule has 1 unspecified atom stereocenters. The van der Waals surface area contributed by atoms with Crippen LogP contribution in [0.4, 0.5) is 5.69 Å². The first-order valence-corrected chi connectivity index (χ1v) is 5.90. The summed E-state index contributed by atoms with van der Waals surface area (Å²) in [6.45, 7) is 8.80. The zero-order valence-electron chi connectivity index (χ0n) is 11.0. The SMILES string of the molecule is Cc1ccc(N(C)C(C)C(C)C)c(CO)c1. The molecule has 0 aliphatic carbocycles. The van der Waals surface area contributed by atoms with Crippen LogP contribution in [0.25, 0.3) is 0 Å². The minimum atomic E-state index is 0.103. The van der Waals surface area contributed by atoms with Gasteiger partial charge in [-0.25, -0.2) is 0 Å². The van der Waals surface area contributed by atoms with E-state index in [0.29, 0.717) is 12.0 Å². The fourth-order valence-corrected chi connectivity index (χ4v) is 1.85. The van der Waals surface area contributed by atoms with Crippen LogP contribution in [-0.4, -0.2) is 18.2 Å². The van der Waals surface area contributed by atoms with E-state index in [0.717, 1.165) is 11.3 Å². The summed E-state index contributed by atoms with van der Waals surface area (Å²) >= 11 is 0. The number of benzene rings is 1. The van der Waals surface area contributed by atoms with Gasteiger partial charge in [0.15, 0.2) is 0 Å². The van der Waals surface area contributed by atoms with Crippen LogP contribution < -0.4 is 4.90 Å². The van der Waals surface area contributed by atoms with E-state index in [2.05, 4.69) is 57.8 Å². The first-order chi connectivity index (χ1) is 7.47. The zero-order chi connectivity index (χ0) is 12.3. The minimum Gasteiger partial charge on any atom is -0.392 e. The van der Waals surface area contributed by atoms with Crippen molar-refractivity contribution in [1.29, 1.82) is 0 Å². The predicted molar refractivity (Wildman–Crippen MR) is 69.8 cm³/mol. The summed E-state index contributed by atoms with van der Waals surface area (Å²) in [4.78, 5) is 2.25. The lowest BCUT2D eigenvalue weighted by Crippen LogP contribution is -2.33. The van der Waals surface area contributed by atoms with Gasteiger partial charge in [-0.2, -0.15) is 0 Å². The fourth-order valence-electron chi connectivity index (χ4n) is 1.85. The first kappa shape index (κ1) is 13.0. The molecule has 0 aliphatic rings. The van der Waals surface area contributed by atoms with E-state index in [1.165, 1.54) is 5.56 Å². The molecule has 0 saturated carbocycles. The largest absolute Gasteiger partial charge is 0.392 e. The molecule has 0 saturated heterocycles. The molecule has 0 bridgehead atoms. The Hall–Kier alpha value is -1.02. The van der Waals surface area contributed by atoms with E-state index in [1.54, 1.807) is 0 Å². The van der Waals surface area contributed by atoms with Crippen LogP contribution >= 0.6 is 0 Å². The Morgan fingerprint density at radius 1 is 1.25 bits per heavy atom. The molecular formula is C14H23NO. The van der Waals surface area contributed by atoms with Gasteiger partial charge < -0.3 is 10.0 Å². The van der Waals surface area contributed by atoms with Crippen LogP contribution in [-0.2, 0) is 6.61 Å². The molecule has 0 radical (unpaired) electrons. The van der Waals surface area contributed by atoms with E-state index in [4.69, 9.17) is 0 Å². The highest BCUT2D eigenvalue weighted by Crippen LogP contribution is 2.24. The quantitative estimate of drug-likeness (QED) is 0.845. The van der Waals surface area contributed by atoms with Gasteiger partial charge in [0, 0.05) is 24.3 Å². The number of hydrogen-bond donors (Lipinski definition) is 1. The highest BCUT2D eigenvalue weighted by Gasteiger charge is 2.15. The van der Waals surface area contributed by atoms with E-state index in [1.807, 2.05) is 0 Å². The number of aliphatic hydroxyl groups excluding tert-OH is 1. The van der Waals surface area contributed by atoms with Crippen molar-refractivity contribution < 1.29 is 5.11 Å². The number of rotatable bonds is 4. The van der Waals surface area contributed by atoms with E-state index < -0.39 is 0 Å². The van der Waals surface area contributed by atoms with Crippen molar-refractivity contribution in [3.63, 3.8) is 0 Å². The highest BCUT2D eigenvalue weighted by molar-refractivity contribution is 5.54. The standard InChI is InChI=1S/C14H23NO/c1-10(2)12(4)15(5)14-7-6-11(3)8-13(14)9-16/h6-8,10,12,16H,9H2,1-5H3. The lowest BCUT2D eigenvalue weighted by atomic mass is 10.0. The molecule has 0 fully saturated rings. The highest BCUT2D eigenvalue weighted by atomic mass is 16.3. The molecule has 90 valence electrons. The minimum absolute atomic E-state index is 0.103. The molecule has 1 aromatic carbocycles. The maximum absolute atomic E-state index is 9.39. The van der Waals surface area contributed by atoms with Crippen LogP contribution in [0.15, 0.2) is 18.2 Å². The van der Waals surface area contributed by atoms with Gasteiger partial charge in [-0.15, -0.1) is 0 Å². The summed E-state index contributed by atoms with van der Waals surface area (Å²) in [6, 6.07) is 6.71. The third kappa shape index (κ3) is 2.76. The van der Waals surface area contributed by atoms with Gasteiger partial charge in [0.1, 0.15) is 0 Å². The molecule has 0 amide bonds. The summed E-state index contributed by atoms with van der Waals surface area (Å²) in [5, 5.41) is 9.39. The number of anilines is 1. The topological polar surface area (TPSA) is 23.5 Å². The summed E-state index contributed by atoms with van der Waals surface area (Å²) in [6.07, 6.45) is 0. The smallest absolute Gasteiger partial charge is 0.0702 e. The van der Waals surface area contributed by atoms with Crippen LogP contribution in [0.3, 0.4) is 0 Å². The number of aliphatic hydroxyl groups is 1. The van der Waals surface area contributed by atoms with Crippen molar-refractivity contribution in [3.05, 3.63) is 29.3 Å². The van der Waals surface area contributed by atoms with E-state index >= 15 is 0 Å². The zero-order valence-corrected chi connectivity index (χ0v) is 11.0. The Morgan fingerprint density at radius 2 is 1.88 bits per heavy atom. The molecule has 1 N–H and O–H groups in total. The maximum Gasteiger partial charge on any atom is 0.0702 e. The lowest BCUT2D eigenvalue weighted by Gasteiger charge is -2.31. The summed E-state index contributed by atoms with van der Waals surface area (Å²) in [5.74, 6) is 0.595. The van der Waals surface area contributed by atoms with Crippen molar-refractivity contribution >= 4 is 5.69 Å². The van der Waals surface area contributed by atoms with Crippen molar-refractivity contribution in [3.8, 4) is 0 Å². The lowest BCUT2D eigenvalue weighted by molar-refractivity contribution is 0.281. The monoisotopic (exact) mass is 221 g/mol. The Morgan fingerprint density at radius 3 is 2.38 bits per heavy atom. The van der Waals surface area contributed by atoms with Crippen molar-refractivity contribution in [2.75, 3.05) is 11.9 Å². The van der Waals surface area contributed by atoms with Crippen LogP contribution in [0, 0.1) is 12.8 Å². The number of hydrogen-bond acceptors (Lipinski definition) is 2. The molecule has 0 aliphatic heterocycles. The maximum atomic E-state index is 9.39. The molecule has 16 heavy (non-hydrogen) atoms. The first-order valence-electron chi connectivity index (χ1n) is 5.90. The second-order valence-electron chi connectivity index (χ2n) is 4.89. The van der Waals surface area contributed by atoms with Gasteiger partial charge in [-0.1, -0.05) is 31.5 Å². The predicted octanol–water partition coefficient (Wildman–Crippen LogP) is 2.97. The Balaban J connectivity index is 3.03. The summed E-state index contributed by atoms with van der Waals surface area (Å²) in [7, 11) is 2.09. The van der Waals surface area contributed by atoms with E-state index in [9.17, 15) is 5.11 Å². The van der Waals surface area contributed by atoms with Gasteiger partial charge in [-0.05, 0) is 25.8 Å². The molecule has 1 atom stereocenters. The molecule has 0 spiro atoms. The average molecular weight is 221 g/mol. The van der Waals surface area contributed by atoms with Gasteiger partial charge in [-0.3, -0.25) is 0 Å². The van der Waals surface area contributed by atoms with Crippen molar-refractivity contribution in [2.45, 2.75) is 40.3 Å². The molecule has 1 rings (SSSR count). The molecule has 2 nitrogen and oxygen atoms in total.